The molecule has 0 amide bonds. The fraction of sp³-hybridized carbons (Fsp3) is 0.0732. The highest BCUT2D eigenvalue weighted by Gasteiger charge is 2.38. The van der Waals surface area contributed by atoms with Crippen LogP contribution in [0.1, 0.15) is 72.2 Å². The first-order chi connectivity index (χ1) is 41.1. The molecule has 0 aromatic heterocycles. The lowest BCUT2D eigenvalue weighted by Crippen LogP contribution is -2.15. The standard InChI is InChI=1S/C82H64N2/c1-81(2)77-53-63(61-37-29-57(30-38-61)25-27-59-33-45-71(46-34-59)83(67-17-9-5-10-18-67)68-19-11-6-12-20-68)41-49-73(77)75-51-43-65(55-79(75)81)66-44-52-76-74-50-42-64(54-78(74)82(3,4)80(76)56-66)62-39-31-58(32-40-62)26-28-60-35-47-72(48-36-60)84(69-21-13-7-14-22-69)70-23-15-8-16-24-70/h5-56H,1-4H3. The molecule has 0 unspecified atom stereocenters. The highest BCUT2D eigenvalue weighted by molar-refractivity contribution is 5.90. The normalized spacial score (nSPS) is 13.3. The summed E-state index contributed by atoms with van der Waals surface area (Å²) >= 11 is 0. The average molecular weight is 1080 g/mol. The predicted octanol–water partition coefficient (Wildman–Crippen LogP) is 22.6. The summed E-state index contributed by atoms with van der Waals surface area (Å²) in [5.74, 6) is 0. The SMILES string of the molecule is CC1(C)c2cc(-c3ccc(C=Cc4ccc(N(c5ccccc5)c5ccccc5)cc4)cc3)ccc2-c2ccc(-c3ccc4c(c3)C(C)(C)c3cc(-c5ccc(C=Cc6ccc(N(c7ccccc7)c7ccccc7)cc6)cc5)ccc3-4)cc21. The van der Waals surface area contributed by atoms with Crippen LogP contribution in [0.25, 0.3) is 79.9 Å². The number of anilines is 6. The Labute approximate surface area is 495 Å². The second-order valence-corrected chi connectivity index (χ2v) is 23.4. The van der Waals surface area contributed by atoms with Gasteiger partial charge >= 0.3 is 0 Å². The second kappa shape index (κ2) is 21.6. The van der Waals surface area contributed by atoms with Gasteiger partial charge in [-0.1, -0.05) is 246 Å². The van der Waals surface area contributed by atoms with Gasteiger partial charge < -0.3 is 9.80 Å². The number of rotatable bonds is 13. The van der Waals surface area contributed by atoms with Gasteiger partial charge in [-0.2, -0.15) is 0 Å². The Kier molecular flexibility index (Phi) is 13.3. The Morgan fingerprint density at radius 3 is 0.667 bits per heavy atom. The van der Waals surface area contributed by atoms with Crippen molar-refractivity contribution in [2.75, 3.05) is 9.80 Å². The first-order valence-electron chi connectivity index (χ1n) is 29.3. The minimum atomic E-state index is -0.160. The largest absolute Gasteiger partial charge is 0.311 e. The van der Waals surface area contributed by atoms with Gasteiger partial charge in [-0.3, -0.25) is 0 Å². The summed E-state index contributed by atoms with van der Waals surface area (Å²) in [5, 5.41) is 0. The lowest BCUT2D eigenvalue weighted by Gasteiger charge is -2.25. The molecule has 12 aromatic rings. The molecule has 12 aromatic carbocycles. The third kappa shape index (κ3) is 9.76. The molecule has 402 valence electrons. The van der Waals surface area contributed by atoms with Crippen molar-refractivity contribution in [1.29, 1.82) is 0 Å². The van der Waals surface area contributed by atoms with E-state index in [1.165, 1.54) is 89.0 Å². The Morgan fingerprint density at radius 1 is 0.214 bits per heavy atom. The van der Waals surface area contributed by atoms with Gasteiger partial charge in [-0.15, -0.1) is 0 Å². The summed E-state index contributed by atoms with van der Waals surface area (Å²) in [6.45, 7) is 9.57. The lowest BCUT2D eigenvalue weighted by molar-refractivity contribution is 0.660. The summed E-state index contributed by atoms with van der Waals surface area (Å²) in [6.07, 6.45) is 8.80. The van der Waals surface area contributed by atoms with Gasteiger partial charge in [0.25, 0.3) is 0 Å². The van der Waals surface area contributed by atoms with E-state index in [2.05, 4.69) is 353 Å². The molecule has 0 heterocycles. The van der Waals surface area contributed by atoms with Crippen LogP contribution in [0.15, 0.2) is 291 Å². The third-order valence-electron chi connectivity index (χ3n) is 17.5. The van der Waals surface area contributed by atoms with E-state index in [-0.39, 0.29) is 10.8 Å². The molecule has 0 bridgehead atoms. The van der Waals surface area contributed by atoms with Crippen molar-refractivity contribution in [2.45, 2.75) is 38.5 Å². The maximum Gasteiger partial charge on any atom is 0.0462 e. The zero-order chi connectivity index (χ0) is 56.8. The molecule has 2 nitrogen and oxygen atoms in total. The van der Waals surface area contributed by atoms with Crippen LogP contribution < -0.4 is 9.80 Å². The molecule has 84 heavy (non-hydrogen) atoms. The number of fused-ring (bicyclic) bond motifs is 6. The predicted molar refractivity (Wildman–Crippen MR) is 358 cm³/mol. The van der Waals surface area contributed by atoms with Crippen LogP contribution in [-0.2, 0) is 10.8 Å². The number of benzene rings is 12. The monoisotopic (exact) mass is 1080 g/mol. The van der Waals surface area contributed by atoms with Crippen molar-refractivity contribution in [3.8, 4) is 55.6 Å². The zero-order valence-electron chi connectivity index (χ0n) is 47.9. The molecule has 2 aliphatic carbocycles. The number of nitrogens with zero attached hydrogens (tertiary/aromatic N) is 2. The lowest BCUT2D eigenvalue weighted by atomic mass is 9.79. The van der Waals surface area contributed by atoms with Crippen molar-refractivity contribution in [3.63, 3.8) is 0 Å². The molecule has 0 N–H and O–H groups in total. The van der Waals surface area contributed by atoms with Gasteiger partial charge in [-0.25, -0.2) is 0 Å². The van der Waals surface area contributed by atoms with Gasteiger partial charge in [0.1, 0.15) is 0 Å². The van der Waals surface area contributed by atoms with Gasteiger partial charge in [0.2, 0.25) is 0 Å². The van der Waals surface area contributed by atoms with Crippen molar-refractivity contribution in [3.05, 3.63) is 336 Å². The molecule has 0 saturated carbocycles. The van der Waals surface area contributed by atoms with E-state index < -0.39 is 0 Å². The molecule has 0 radical (unpaired) electrons. The third-order valence-corrected chi connectivity index (χ3v) is 17.5. The number of para-hydroxylation sites is 4. The zero-order valence-corrected chi connectivity index (χ0v) is 47.9. The van der Waals surface area contributed by atoms with E-state index in [0.717, 1.165) is 45.3 Å². The fourth-order valence-electron chi connectivity index (χ4n) is 12.8. The molecule has 0 aliphatic heterocycles. The molecule has 0 atom stereocenters. The molecule has 0 saturated heterocycles. The first kappa shape index (κ1) is 51.8. The number of hydrogen-bond acceptors (Lipinski definition) is 2. The van der Waals surface area contributed by atoms with Crippen LogP contribution in [0.2, 0.25) is 0 Å². The van der Waals surface area contributed by atoms with E-state index in [1.54, 1.807) is 0 Å². The Bertz CT molecular complexity index is 4040. The highest BCUT2D eigenvalue weighted by atomic mass is 15.1. The van der Waals surface area contributed by atoms with Crippen molar-refractivity contribution in [1.82, 2.24) is 0 Å². The van der Waals surface area contributed by atoms with Crippen LogP contribution in [0.5, 0.6) is 0 Å². The summed E-state index contributed by atoms with van der Waals surface area (Å²) < 4.78 is 0. The second-order valence-electron chi connectivity index (χ2n) is 23.4. The van der Waals surface area contributed by atoms with Crippen molar-refractivity contribution in [2.24, 2.45) is 0 Å². The van der Waals surface area contributed by atoms with Crippen molar-refractivity contribution < 1.29 is 0 Å². The summed E-state index contributed by atoms with van der Waals surface area (Å²) in [7, 11) is 0. The Balaban J connectivity index is 0.645. The fourth-order valence-corrected chi connectivity index (χ4v) is 12.8. The van der Waals surface area contributed by atoms with Crippen LogP contribution in [0.3, 0.4) is 0 Å². The Hall–Kier alpha value is -10.3. The topological polar surface area (TPSA) is 6.48 Å². The summed E-state index contributed by atoms with van der Waals surface area (Å²) in [5.41, 5.74) is 29.4. The molecular formula is C82H64N2. The van der Waals surface area contributed by atoms with Crippen LogP contribution >= 0.6 is 0 Å². The van der Waals surface area contributed by atoms with E-state index in [0.29, 0.717) is 0 Å². The average Bonchev–Trinajstić information content (AvgIpc) is 4.09. The van der Waals surface area contributed by atoms with E-state index in [9.17, 15) is 0 Å². The quantitative estimate of drug-likeness (QED) is 0.106. The van der Waals surface area contributed by atoms with Crippen molar-refractivity contribution >= 4 is 58.4 Å². The summed E-state index contributed by atoms with van der Waals surface area (Å²) in [6, 6.07) is 106. The summed E-state index contributed by atoms with van der Waals surface area (Å²) in [4.78, 5) is 4.58. The van der Waals surface area contributed by atoms with E-state index in [4.69, 9.17) is 0 Å². The smallest absolute Gasteiger partial charge is 0.0462 e. The maximum absolute atomic E-state index is 2.46. The van der Waals surface area contributed by atoms with Crippen LogP contribution in [0.4, 0.5) is 34.1 Å². The minimum absolute atomic E-state index is 0.160. The number of hydrogen-bond donors (Lipinski definition) is 0. The molecule has 2 aliphatic rings. The van der Waals surface area contributed by atoms with Gasteiger partial charge in [0.15, 0.2) is 0 Å². The van der Waals surface area contributed by atoms with Gasteiger partial charge in [-0.05, 0) is 197 Å². The first-order valence-corrected chi connectivity index (χ1v) is 29.3. The minimum Gasteiger partial charge on any atom is -0.311 e. The molecule has 0 spiro atoms. The van der Waals surface area contributed by atoms with Crippen LogP contribution in [-0.4, -0.2) is 0 Å². The van der Waals surface area contributed by atoms with E-state index in [1.807, 2.05) is 0 Å². The maximum atomic E-state index is 2.46. The molecule has 0 fully saturated rings. The van der Waals surface area contributed by atoms with E-state index >= 15 is 0 Å². The van der Waals surface area contributed by atoms with Gasteiger partial charge in [0, 0.05) is 45.0 Å². The van der Waals surface area contributed by atoms with Crippen LogP contribution in [0, 0.1) is 0 Å². The van der Waals surface area contributed by atoms with Gasteiger partial charge in [0.05, 0.1) is 0 Å². The highest BCUT2D eigenvalue weighted by Crippen LogP contribution is 2.53. The Morgan fingerprint density at radius 2 is 0.417 bits per heavy atom. The molecule has 14 rings (SSSR count). The molecular weight excluding hydrogens is 1010 g/mol. The molecule has 2 heteroatoms.